The van der Waals surface area contributed by atoms with Crippen molar-refractivity contribution in [2.24, 2.45) is 0 Å². The highest BCUT2D eigenvalue weighted by Crippen LogP contribution is 2.38. The van der Waals surface area contributed by atoms with E-state index in [-0.39, 0.29) is 6.04 Å². The van der Waals surface area contributed by atoms with Crippen LogP contribution in [0.15, 0.2) is 18.3 Å². The molecule has 0 aromatic carbocycles. The SMILES string of the molecule is COCc1cc2c(Nc3cc([C@@H]4CC[C@H](OC(=O)NC(C)C)[C@H]4F)[nH]n3)nc(C)cn2n1. The number of nitrogens with zero attached hydrogens (tertiary/aromatic N) is 4. The molecule has 3 heterocycles. The van der Waals surface area contributed by atoms with Gasteiger partial charge in [0.2, 0.25) is 0 Å². The van der Waals surface area contributed by atoms with Gasteiger partial charge in [-0.3, -0.25) is 5.10 Å². The first-order chi connectivity index (χ1) is 15.3. The topological polar surface area (TPSA) is 118 Å². The Labute approximate surface area is 184 Å². The van der Waals surface area contributed by atoms with Gasteiger partial charge < -0.3 is 20.1 Å². The maximum atomic E-state index is 15.0. The van der Waals surface area contributed by atoms with E-state index in [1.165, 1.54) is 0 Å². The monoisotopic (exact) mass is 445 g/mol. The number of carbonyl (C=O) groups is 1. The molecule has 1 amide bonds. The van der Waals surface area contributed by atoms with Gasteiger partial charge in [0, 0.05) is 30.8 Å². The van der Waals surface area contributed by atoms with E-state index >= 15 is 0 Å². The van der Waals surface area contributed by atoms with Gasteiger partial charge in [0.1, 0.15) is 17.8 Å². The number of halogens is 1. The van der Waals surface area contributed by atoms with Crippen LogP contribution in [0.25, 0.3) is 5.52 Å². The van der Waals surface area contributed by atoms with Crippen LogP contribution >= 0.6 is 0 Å². The molecule has 11 heteroatoms. The number of hydrogen-bond acceptors (Lipinski definition) is 7. The van der Waals surface area contributed by atoms with Crippen molar-refractivity contribution in [3.8, 4) is 0 Å². The van der Waals surface area contributed by atoms with Crippen molar-refractivity contribution in [3.63, 3.8) is 0 Å². The lowest BCUT2D eigenvalue weighted by molar-refractivity contribution is 0.0555. The predicted octanol–water partition coefficient (Wildman–Crippen LogP) is 3.37. The summed E-state index contributed by atoms with van der Waals surface area (Å²) < 4.78 is 27.2. The lowest BCUT2D eigenvalue weighted by Gasteiger charge is -2.18. The minimum Gasteiger partial charge on any atom is -0.443 e. The fraction of sp³-hybridized carbons (Fsp3) is 0.524. The third-order valence-corrected chi connectivity index (χ3v) is 5.33. The lowest BCUT2D eigenvalue weighted by atomic mass is 10.0. The minimum atomic E-state index is -1.31. The molecule has 1 aliphatic carbocycles. The summed E-state index contributed by atoms with van der Waals surface area (Å²) in [6, 6.07) is 3.59. The van der Waals surface area contributed by atoms with Crippen molar-refractivity contribution in [1.29, 1.82) is 0 Å². The molecule has 172 valence electrons. The second-order valence-corrected chi connectivity index (χ2v) is 8.33. The van der Waals surface area contributed by atoms with Crippen molar-refractivity contribution in [2.45, 2.75) is 64.5 Å². The van der Waals surface area contributed by atoms with Crippen LogP contribution in [0.3, 0.4) is 0 Å². The largest absolute Gasteiger partial charge is 0.443 e. The molecule has 3 N–H and O–H groups in total. The molecule has 0 spiro atoms. The maximum absolute atomic E-state index is 15.0. The van der Waals surface area contributed by atoms with E-state index in [1.54, 1.807) is 17.7 Å². The number of ether oxygens (including phenoxy) is 2. The van der Waals surface area contributed by atoms with Gasteiger partial charge in [0.05, 0.1) is 24.2 Å². The van der Waals surface area contributed by atoms with E-state index < -0.39 is 24.3 Å². The van der Waals surface area contributed by atoms with Crippen molar-refractivity contribution >= 4 is 23.2 Å². The molecular formula is C21H28FN7O3. The summed E-state index contributed by atoms with van der Waals surface area (Å²) in [6.45, 7) is 5.92. The number of carbonyl (C=O) groups excluding carboxylic acids is 1. The third kappa shape index (κ3) is 4.67. The number of anilines is 2. The number of fused-ring (bicyclic) bond motifs is 1. The first-order valence-corrected chi connectivity index (χ1v) is 10.6. The number of alkyl halides is 1. The van der Waals surface area contributed by atoms with Gasteiger partial charge in [-0.2, -0.15) is 10.2 Å². The number of amides is 1. The molecule has 0 bridgehead atoms. The molecule has 32 heavy (non-hydrogen) atoms. The zero-order valence-corrected chi connectivity index (χ0v) is 18.6. The smallest absolute Gasteiger partial charge is 0.407 e. The Hall–Kier alpha value is -3.21. The van der Waals surface area contributed by atoms with Gasteiger partial charge in [-0.15, -0.1) is 0 Å². The molecule has 1 saturated carbocycles. The third-order valence-electron chi connectivity index (χ3n) is 5.33. The van der Waals surface area contributed by atoms with E-state index in [0.717, 1.165) is 16.9 Å². The summed E-state index contributed by atoms with van der Waals surface area (Å²) >= 11 is 0. The Bertz CT molecular complexity index is 1100. The Morgan fingerprint density at radius 1 is 1.38 bits per heavy atom. The van der Waals surface area contributed by atoms with Crippen LogP contribution in [0.2, 0.25) is 0 Å². The molecular weight excluding hydrogens is 417 g/mol. The normalized spacial score (nSPS) is 20.8. The Morgan fingerprint density at radius 3 is 2.94 bits per heavy atom. The maximum Gasteiger partial charge on any atom is 0.407 e. The molecule has 10 nitrogen and oxygen atoms in total. The van der Waals surface area contributed by atoms with Crippen LogP contribution in [-0.2, 0) is 16.1 Å². The summed E-state index contributed by atoms with van der Waals surface area (Å²) in [4.78, 5) is 16.4. The van der Waals surface area contributed by atoms with Gasteiger partial charge >= 0.3 is 6.09 Å². The number of nitrogens with one attached hydrogen (secondary N) is 3. The van der Waals surface area contributed by atoms with Gasteiger partial charge in [0.25, 0.3) is 0 Å². The van der Waals surface area contributed by atoms with Crippen molar-refractivity contribution < 1.29 is 18.7 Å². The fourth-order valence-corrected chi connectivity index (χ4v) is 3.96. The van der Waals surface area contributed by atoms with Gasteiger partial charge in [-0.25, -0.2) is 18.7 Å². The van der Waals surface area contributed by atoms with Crippen molar-refractivity contribution in [2.75, 3.05) is 12.4 Å². The Kier molecular flexibility index (Phi) is 6.26. The van der Waals surface area contributed by atoms with E-state index in [4.69, 9.17) is 9.47 Å². The molecule has 0 aliphatic heterocycles. The highest BCUT2D eigenvalue weighted by Gasteiger charge is 2.40. The molecule has 0 unspecified atom stereocenters. The van der Waals surface area contributed by atoms with Gasteiger partial charge in [-0.05, 0) is 39.7 Å². The highest BCUT2D eigenvalue weighted by atomic mass is 19.1. The first-order valence-electron chi connectivity index (χ1n) is 10.6. The van der Waals surface area contributed by atoms with Gasteiger partial charge in [-0.1, -0.05) is 0 Å². The van der Waals surface area contributed by atoms with Crippen LogP contribution in [0.1, 0.15) is 49.7 Å². The van der Waals surface area contributed by atoms with Crippen LogP contribution in [0, 0.1) is 6.92 Å². The van der Waals surface area contributed by atoms with E-state index in [9.17, 15) is 9.18 Å². The highest BCUT2D eigenvalue weighted by molar-refractivity contribution is 5.72. The number of methoxy groups -OCH3 is 1. The molecule has 3 aromatic heterocycles. The number of hydrogen-bond donors (Lipinski definition) is 3. The number of aryl methyl sites for hydroxylation is 1. The van der Waals surface area contributed by atoms with E-state index in [2.05, 4.69) is 30.9 Å². The standard InChI is InChI=1S/C21H28FN7O3/c1-11(2)23-21(30)32-17-6-5-14(19(17)22)15-8-18(27-26-15)25-20-16-7-13(10-31-4)28-29(16)9-12(3)24-20/h7-9,11,14,17,19H,5-6,10H2,1-4H3,(H,23,30)(H2,24,25,26,27)/t14-,17-,19-/m0/s1. The Morgan fingerprint density at radius 2 is 2.19 bits per heavy atom. The number of aromatic amines is 1. The van der Waals surface area contributed by atoms with E-state index in [1.807, 2.05) is 33.0 Å². The average Bonchev–Trinajstić information content (AvgIpc) is 3.41. The summed E-state index contributed by atoms with van der Waals surface area (Å²) in [6.07, 6.45) is 0.162. The zero-order chi connectivity index (χ0) is 22.8. The number of H-pyrrole nitrogens is 1. The number of aromatic nitrogens is 5. The van der Waals surface area contributed by atoms with Crippen LogP contribution < -0.4 is 10.6 Å². The first kappa shape index (κ1) is 22.0. The molecule has 1 fully saturated rings. The van der Waals surface area contributed by atoms with Crippen molar-refractivity contribution in [3.05, 3.63) is 35.4 Å². The lowest BCUT2D eigenvalue weighted by Crippen LogP contribution is -2.36. The second-order valence-electron chi connectivity index (χ2n) is 8.33. The average molecular weight is 445 g/mol. The predicted molar refractivity (Wildman–Crippen MR) is 116 cm³/mol. The second kappa shape index (κ2) is 9.11. The van der Waals surface area contributed by atoms with E-state index in [0.29, 0.717) is 36.8 Å². The van der Waals surface area contributed by atoms with Crippen LogP contribution in [-0.4, -0.2) is 56.3 Å². The summed E-state index contributed by atoms with van der Waals surface area (Å²) in [5, 5.41) is 17.5. The quantitative estimate of drug-likeness (QED) is 0.510. The summed E-state index contributed by atoms with van der Waals surface area (Å²) in [7, 11) is 1.62. The fourth-order valence-electron chi connectivity index (χ4n) is 3.96. The van der Waals surface area contributed by atoms with Crippen LogP contribution in [0.5, 0.6) is 0 Å². The minimum absolute atomic E-state index is 0.0675. The number of rotatable bonds is 7. The molecule has 4 rings (SSSR count). The summed E-state index contributed by atoms with van der Waals surface area (Å²) in [5.74, 6) is 0.681. The number of alkyl carbamates (subject to hydrolysis) is 1. The summed E-state index contributed by atoms with van der Waals surface area (Å²) in [5.41, 5.74) is 2.99. The molecule has 0 saturated heterocycles. The zero-order valence-electron chi connectivity index (χ0n) is 18.6. The molecule has 1 aliphatic rings. The molecule has 3 atom stereocenters. The Balaban J connectivity index is 1.47. The van der Waals surface area contributed by atoms with Crippen LogP contribution in [0.4, 0.5) is 20.8 Å². The van der Waals surface area contributed by atoms with Crippen molar-refractivity contribution in [1.82, 2.24) is 30.1 Å². The van der Waals surface area contributed by atoms with Gasteiger partial charge in [0.15, 0.2) is 11.6 Å². The molecule has 3 aromatic rings. The molecule has 0 radical (unpaired) electrons.